The Morgan fingerprint density at radius 1 is 1.36 bits per heavy atom. The molecular weight excluding hydrogens is 180 g/mol. The number of methoxy groups -OCH3 is 1. The molecule has 0 aliphatic rings. The van der Waals surface area contributed by atoms with E-state index in [4.69, 9.17) is 4.74 Å². The van der Waals surface area contributed by atoms with Gasteiger partial charge in [-0.15, -0.1) is 0 Å². The van der Waals surface area contributed by atoms with Crippen LogP contribution in [0.4, 0.5) is 0 Å². The van der Waals surface area contributed by atoms with Gasteiger partial charge in [0.2, 0.25) is 5.91 Å². The average molecular weight is 202 g/mol. The van der Waals surface area contributed by atoms with Gasteiger partial charge < -0.3 is 15.4 Å². The molecular formula is C10H22N2O2. The normalized spacial score (nSPS) is 14.9. The molecule has 0 saturated heterocycles. The maximum absolute atomic E-state index is 11.3. The van der Waals surface area contributed by atoms with E-state index in [1.807, 2.05) is 20.8 Å². The first kappa shape index (κ1) is 13.4. The zero-order valence-electron chi connectivity index (χ0n) is 9.59. The fourth-order valence-electron chi connectivity index (χ4n) is 1.00. The molecule has 0 aliphatic heterocycles. The van der Waals surface area contributed by atoms with Gasteiger partial charge in [0.25, 0.3) is 0 Å². The maximum atomic E-state index is 11.3. The molecule has 0 radical (unpaired) electrons. The maximum Gasteiger partial charge on any atom is 0.234 e. The molecule has 2 N–H and O–H groups in total. The number of ether oxygens (including phenoxy) is 1. The van der Waals surface area contributed by atoms with Crippen LogP contribution in [0.5, 0.6) is 0 Å². The summed E-state index contributed by atoms with van der Waals surface area (Å²) >= 11 is 0. The molecule has 0 aromatic heterocycles. The topological polar surface area (TPSA) is 50.4 Å². The first-order valence-corrected chi connectivity index (χ1v) is 5.11. The van der Waals surface area contributed by atoms with Gasteiger partial charge in [-0.1, -0.05) is 6.92 Å². The van der Waals surface area contributed by atoms with E-state index < -0.39 is 0 Å². The van der Waals surface area contributed by atoms with Crippen molar-refractivity contribution >= 4 is 5.91 Å². The van der Waals surface area contributed by atoms with Gasteiger partial charge in [-0.05, 0) is 20.3 Å². The van der Waals surface area contributed by atoms with Crippen LogP contribution in [0, 0.1) is 0 Å². The Morgan fingerprint density at radius 2 is 2.00 bits per heavy atom. The molecule has 14 heavy (non-hydrogen) atoms. The summed E-state index contributed by atoms with van der Waals surface area (Å²) in [6.45, 7) is 7.01. The molecule has 2 unspecified atom stereocenters. The number of nitrogens with one attached hydrogen (secondary N) is 2. The van der Waals surface area contributed by atoms with Crippen molar-refractivity contribution in [3.05, 3.63) is 0 Å². The predicted molar refractivity (Wildman–Crippen MR) is 57.2 cm³/mol. The van der Waals surface area contributed by atoms with Gasteiger partial charge in [-0.2, -0.15) is 0 Å². The van der Waals surface area contributed by atoms with Crippen LogP contribution in [0.3, 0.4) is 0 Å². The van der Waals surface area contributed by atoms with Crippen molar-refractivity contribution in [2.24, 2.45) is 0 Å². The van der Waals surface area contributed by atoms with Crippen molar-refractivity contribution < 1.29 is 9.53 Å². The second kappa shape index (κ2) is 7.76. The quantitative estimate of drug-likeness (QED) is 0.633. The SMILES string of the molecule is CCC(C)NC(=O)CNC(C)COC. The van der Waals surface area contributed by atoms with Crippen LogP contribution in [0.15, 0.2) is 0 Å². The van der Waals surface area contributed by atoms with Gasteiger partial charge in [0.15, 0.2) is 0 Å². The second-order valence-electron chi connectivity index (χ2n) is 3.61. The van der Waals surface area contributed by atoms with Gasteiger partial charge in [-0.3, -0.25) is 4.79 Å². The van der Waals surface area contributed by atoms with Crippen molar-refractivity contribution in [1.29, 1.82) is 0 Å². The Bertz CT molecular complexity index is 162. The summed E-state index contributed by atoms with van der Waals surface area (Å²) in [4.78, 5) is 11.3. The minimum atomic E-state index is 0.0438. The summed E-state index contributed by atoms with van der Waals surface area (Å²) in [5.74, 6) is 0.0438. The van der Waals surface area contributed by atoms with E-state index in [1.165, 1.54) is 0 Å². The summed E-state index contributed by atoms with van der Waals surface area (Å²) < 4.78 is 4.94. The monoisotopic (exact) mass is 202 g/mol. The van der Waals surface area contributed by atoms with E-state index in [0.29, 0.717) is 13.2 Å². The van der Waals surface area contributed by atoms with E-state index in [2.05, 4.69) is 10.6 Å². The third-order valence-electron chi connectivity index (χ3n) is 2.05. The van der Waals surface area contributed by atoms with Crippen LogP contribution in [-0.2, 0) is 9.53 Å². The van der Waals surface area contributed by atoms with Crippen LogP contribution < -0.4 is 10.6 Å². The van der Waals surface area contributed by atoms with Crippen LogP contribution in [0.2, 0.25) is 0 Å². The molecule has 2 atom stereocenters. The number of carbonyl (C=O) groups excluding carboxylic acids is 1. The molecule has 0 fully saturated rings. The lowest BCUT2D eigenvalue weighted by Gasteiger charge is -2.14. The fourth-order valence-corrected chi connectivity index (χ4v) is 1.00. The number of rotatable bonds is 7. The molecule has 0 saturated carbocycles. The van der Waals surface area contributed by atoms with Gasteiger partial charge in [0.05, 0.1) is 13.2 Å². The molecule has 0 aromatic carbocycles. The Labute approximate surface area is 86.4 Å². The van der Waals surface area contributed by atoms with E-state index in [0.717, 1.165) is 6.42 Å². The van der Waals surface area contributed by atoms with Crippen molar-refractivity contribution in [3.8, 4) is 0 Å². The third-order valence-corrected chi connectivity index (χ3v) is 2.05. The second-order valence-corrected chi connectivity index (χ2v) is 3.61. The Kier molecular flexibility index (Phi) is 7.42. The Hall–Kier alpha value is -0.610. The highest BCUT2D eigenvalue weighted by Gasteiger charge is 2.06. The summed E-state index contributed by atoms with van der Waals surface area (Å²) in [5, 5.41) is 5.96. The minimum Gasteiger partial charge on any atom is -0.383 e. The minimum absolute atomic E-state index is 0.0438. The first-order chi connectivity index (χ1) is 6.60. The third kappa shape index (κ3) is 6.86. The van der Waals surface area contributed by atoms with Gasteiger partial charge >= 0.3 is 0 Å². The number of amides is 1. The highest BCUT2D eigenvalue weighted by molar-refractivity contribution is 5.78. The summed E-state index contributed by atoms with van der Waals surface area (Å²) in [5.41, 5.74) is 0. The standard InChI is InChI=1S/C10H22N2O2/c1-5-8(2)12-10(13)6-11-9(3)7-14-4/h8-9,11H,5-7H2,1-4H3,(H,12,13). The molecule has 0 spiro atoms. The largest absolute Gasteiger partial charge is 0.383 e. The van der Waals surface area contributed by atoms with Gasteiger partial charge in [0.1, 0.15) is 0 Å². The lowest BCUT2D eigenvalue weighted by molar-refractivity contribution is -0.121. The number of hydrogen-bond acceptors (Lipinski definition) is 3. The van der Waals surface area contributed by atoms with Crippen LogP contribution >= 0.6 is 0 Å². The summed E-state index contributed by atoms with van der Waals surface area (Å²) in [6.07, 6.45) is 0.958. The summed E-state index contributed by atoms with van der Waals surface area (Å²) in [7, 11) is 1.65. The lowest BCUT2D eigenvalue weighted by atomic mass is 10.2. The van der Waals surface area contributed by atoms with Crippen molar-refractivity contribution in [3.63, 3.8) is 0 Å². The lowest BCUT2D eigenvalue weighted by Crippen LogP contribution is -2.42. The van der Waals surface area contributed by atoms with Crippen LogP contribution in [0.25, 0.3) is 0 Å². The van der Waals surface area contributed by atoms with E-state index in [9.17, 15) is 4.79 Å². The molecule has 84 valence electrons. The molecule has 0 rings (SSSR count). The molecule has 0 heterocycles. The predicted octanol–water partition coefficient (Wildman–Crippen LogP) is 0.526. The Morgan fingerprint density at radius 3 is 2.50 bits per heavy atom. The van der Waals surface area contributed by atoms with E-state index >= 15 is 0 Å². The van der Waals surface area contributed by atoms with Crippen molar-refractivity contribution in [1.82, 2.24) is 10.6 Å². The first-order valence-electron chi connectivity index (χ1n) is 5.11. The van der Waals surface area contributed by atoms with Crippen molar-refractivity contribution in [2.75, 3.05) is 20.3 Å². The Balaban J connectivity index is 3.53. The zero-order chi connectivity index (χ0) is 11.0. The zero-order valence-corrected chi connectivity index (χ0v) is 9.59. The van der Waals surface area contributed by atoms with Crippen molar-refractivity contribution in [2.45, 2.75) is 39.3 Å². The highest BCUT2D eigenvalue weighted by Crippen LogP contribution is 1.87. The fraction of sp³-hybridized carbons (Fsp3) is 0.900. The molecule has 1 amide bonds. The molecule has 0 bridgehead atoms. The molecule has 4 heteroatoms. The highest BCUT2D eigenvalue weighted by atomic mass is 16.5. The van der Waals surface area contributed by atoms with Crippen LogP contribution in [0.1, 0.15) is 27.2 Å². The summed E-state index contributed by atoms with van der Waals surface area (Å²) in [6, 6.07) is 0.463. The van der Waals surface area contributed by atoms with Gasteiger partial charge in [0, 0.05) is 19.2 Å². The number of hydrogen-bond donors (Lipinski definition) is 2. The smallest absolute Gasteiger partial charge is 0.234 e. The molecule has 4 nitrogen and oxygen atoms in total. The number of carbonyl (C=O) groups is 1. The van der Waals surface area contributed by atoms with E-state index in [-0.39, 0.29) is 18.0 Å². The van der Waals surface area contributed by atoms with Crippen LogP contribution in [-0.4, -0.2) is 38.3 Å². The van der Waals surface area contributed by atoms with Gasteiger partial charge in [-0.25, -0.2) is 0 Å². The molecule has 0 aromatic rings. The van der Waals surface area contributed by atoms with E-state index in [1.54, 1.807) is 7.11 Å². The average Bonchev–Trinajstić information content (AvgIpc) is 2.15. The molecule has 0 aliphatic carbocycles.